The Bertz CT molecular complexity index is 956. The molecule has 1 aromatic heterocycles. The Hall–Kier alpha value is -3.21. The molecule has 2 aromatic carbocycles. The molecular weight excluding hydrogens is 292 g/mol. The molecule has 3 aromatic rings. The molecule has 5 heteroatoms. The number of ketones is 1. The number of aromatic amines is 1. The number of pyridine rings is 1. The van der Waals surface area contributed by atoms with E-state index in [4.69, 9.17) is 0 Å². The van der Waals surface area contributed by atoms with Gasteiger partial charge in [-0.1, -0.05) is 12.1 Å². The van der Waals surface area contributed by atoms with Crippen LogP contribution < -0.4 is 10.7 Å². The molecule has 0 saturated heterocycles. The minimum absolute atomic E-state index is 0.0411. The van der Waals surface area contributed by atoms with Crippen molar-refractivity contribution in [2.24, 2.45) is 0 Å². The van der Waals surface area contributed by atoms with E-state index in [-0.39, 0.29) is 16.8 Å². The summed E-state index contributed by atoms with van der Waals surface area (Å²) < 4.78 is 0. The lowest BCUT2D eigenvalue weighted by molar-refractivity contribution is 0.101. The molecule has 23 heavy (non-hydrogen) atoms. The lowest BCUT2D eigenvalue weighted by atomic mass is 10.1. The summed E-state index contributed by atoms with van der Waals surface area (Å²) in [7, 11) is 0. The zero-order chi connectivity index (χ0) is 16.4. The van der Waals surface area contributed by atoms with Crippen LogP contribution in [-0.2, 0) is 0 Å². The number of para-hydroxylation sites is 1. The van der Waals surface area contributed by atoms with Crippen LogP contribution in [-0.4, -0.2) is 16.7 Å². The summed E-state index contributed by atoms with van der Waals surface area (Å²) in [5.74, 6) is -0.540. The Morgan fingerprint density at radius 3 is 2.39 bits per heavy atom. The van der Waals surface area contributed by atoms with Crippen LogP contribution in [0.25, 0.3) is 10.9 Å². The van der Waals surface area contributed by atoms with Gasteiger partial charge in [-0.05, 0) is 43.3 Å². The first-order chi connectivity index (χ1) is 11.1. The summed E-state index contributed by atoms with van der Waals surface area (Å²) >= 11 is 0. The average Bonchev–Trinajstić information content (AvgIpc) is 2.56. The second-order valence-corrected chi connectivity index (χ2v) is 5.16. The van der Waals surface area contributed by atoms with E-state index in [0.717, 1.165) is 0 Å². The van der Waals surface area contributed by atoms with Gasteiger partial charge in [-0.25, -0.2) is 0 Å². The molecule has 0 aliphatic heterocycles. The van der Waals surface area contributed by atoms with E-state index in [1.807, 2.05) is 6.07 Å². The zero-order valence-corrected chi connectivity index (χ0v) is 12.4. The van der Waals surface area contributed by atoms with Crippen molar-refractivity contribution < 1.29 is 9.59 Å². The molecular formula is C18H14N2O3. The zero-order valence-electron chi connectivity index (χ0n) is 12.4. The third-order valence-corrected chi connectivity index (χ3v) is 3.58. The molecule has 114 valence electrons. The molecule has 0 fully saturated rings. The van der Waals surface area contributed by atoms with Crippen molar-refractivity contribution in [3.63, 3.8) is 0 Å². The Morgan fingerprint density at radius 2 is 1.70 bits per heavy atom. The summed E-state index contributed by atoms with van der Waals surface area (Å²) in [5.41, 5.74) is 1.48. The molecule has 0 unspecified atom stereocenters. The fraction of sp³-hybridized carbons (Fsp3) is 0.0556. The van der Waals surface area contributed by atoms with Crippen LogP contribution in [0.5, 0.6) is 0 Å². The highest BCUT2D eigenvalue weighted by atomic mass is 16.2. The minimum Gasteiger partial charge on any atom is -0.360 e. The number of anilines is 1. The molecule has 0 saturated carbocycles. The van der Waals surface area contributed by atoms with Crippen LogP contribution in [0.3, 0.4) is 0 Å². The lowest BCUT2D eigenvalue weighted by Gasteiger charge is -2.06. The van der Waals surface area contributed by atoms with E-state index in [0.29, 0.717) is 22.2 Å². The van der Waals surface area contributed by atoms with Crippen molar-refractivity contribution >= 4 is 28.3 Å². The van der Waals surface area contributed by atoms with E-state index in [1.54, 1.807) is 42.5 Å². The van der Waals surface area contributed by atoms with Gasteiger partial charge in [0.1, 0.15) is 5.56 Å². The van der Waals surface area contributed by atoms with Crippen LogP contribution >= 0.6 is 0 Å². The quantitative estimate of drug-likeness (QED) is 0.730. The molecule has 2 N–H and O–H groups in total. The molecule has 0 spiro atoms. The number of amides is 1. The second kappa shape index (κ2) is 5.88. The van der Waals surface area contributed by atoms with Crippen LogP contribution in [0.4, 0.5) is 5.69 Å². The Morgan fingerprint density at radius 1 is 1.00 bits per heavy atom. The predicted octanol–water partition coefficient (Wildman–Crippen LogP) is 2.98. The lowest BCUT2D eigenvalue weighted by Crippen LogP contribution is -2.21. The summed E-state index contributed by atoms with van der Waals surface area (Å²) in [5, 5.41) is 3.12. The first-order valence-corrected chi connectivity index (χ1v) is 7.09. The molecule has 0 atom stereocenters. The predicted molar refractivity (Wildman–Crippen MR) is 89.0 cm³/mol. The summed E-state index contributed by atoms with van der Waals surface area (Å²) in [6, 6.07) is 13.5. The average molecular weight is 306 g/mol. The normalized spacial score (nSPS) is 10.5. The van der Waals surface area contributed by atoms with E-state index < -0.39 is 5.91 Å². The molecule has 1 heterocycles. The van der Waals surface area contributed by atoms with Crippen molar-refractivity contribution in [2.75, 3.05) is 5.32 Å². The first kappa shape index (κ1) is 14.7. The van der Waals surface area contributed by atoms with Crippen molar-refractivity contribution in [3.05, 3.63) is 76.1 Å². The molecule has 1 amide bonds. The van der Waals surface area contributed by atoms with Crippen LogP contribution in [0.15, 0.2) is 59.5 Å². The number of rotatable bonds is 3. The largest absolute Gasteiger partial charge is 0.360 e. The van der Waals surface area contributed by atoms with Gasteiger partial charge >= 0.3 is 0 Å². The molecule has 0 aliphatic rings. The number of benzene rings is 2. The summed E-state index contributed by atoms with van der Waals surface area (Å²) in [6.45, 7) is 1.47. The van der Waals surface area contributed by atoms with Crippen molar-refractivity contribution in [1.82, 2.24) is 4.98 Å². The molecule has 0 aliphatic carbocycles. The Balaban J connectivity index is 1.90. The van der Waals surface area contributed by atoms with Crippen LogP contribution in [0.1, 0.15) is 27.6 Å². The fourth-order valence-electron chi connectivity index (χ4n) is 2.32. The number of nitrogens with one attached hydrogen (secondary N) is 2. The minimum atomic E-state index is -0.493. The monoisotopic (exact) mass is 306 g/mol. The van der Waals surface area contributed by atoms with Gasteiger partial charge in [0.05, 0.1) is 0 Å². The third kappa shape index (κ3) is 2.89. The van der Waals surface area contributed by atoms with Gasteiger partial charge in [0, 0.05) is 28.4 Å². The van der Waals surface area contributed by atoms with Crippen LogP contribution in [0.2, 0.25) is 0 Å². The number of hydrogen-bond donors (Lipinski definition) is 2. The van der Waals surface area contributed by atoms with E-state index in [1.165, 1.54) is 13.1 Å². The standard InChI is InChI=1S/C18H14N2O3/c1-11(21)12-6-8-13(9-7-12)20-18(23)15-10-19-16-5-3-2-4-14(16)17(15)22/h2-10H,1H3,(H,19,22)(H,20,23). The number of H-pyrrole nitrogens is 1. The van der Waals surface area contributed by atoms with Gasteiger partial charge in [-0.3, -0.25) is 14.4 Å². The number of carbonyl (C=O) groups excluding carboxylic acids is 2. The van der Waals surface area contributed by atoms with Crippen molar-refractivity contribution in [2.45, 2.75) is 6.92 Å². The van der Waals surface area contributed by atoms with Gasteiger partial charge in [-0.15, -0.1) is 0 Å². The fourth-order valence-corrected chi connectivity index (χ4v) is 2.32. The van der Waals surface area contributed by atoms with Crippen molar-refractivity contribution in [3.8, 4) is 0 Å². The highest BCUT2D eigenvalue weighted by Gasteiger charge is 2.13. The first-order valence-electron chi connectivity index (χ1n) is 7.09. The van der Waals surface area contributed by atoms with Crippen LogP contribution in [0, 0.1) is 0 Å². The maximum absolute atomic E-state index is 12.4. The number of carbonyl (C=O) groups is 2. The number of Topliss-reactive ketones (excluding diaryl/α,β-unsaturated/α-hetero) is 1. The molecule has 3 rings (SSSR count). The topological polar surface area (TPSA) is 79.0 Å². The molecule has 0 bridgehead atoms. The van der Waals surface area contributed by atoms with Gasteiger partial charge in [0.2, 0.25) is 5.43 Å². The SMILES string of the molecule is CC(=O)c1ccc(NC(=O)c2c[nH]c3ccccc3c2=O)cc1. The number of fused-ring (bicyclic) bond motifs is 1. The Kier molecular flexibility index (Phi) is 3.76. The Labute approximate surface area is 132 Å². The number of aromatic nitrogens is 1. The molecule has 5 nitrogen and oxygen atoms in total. The van der Waals surface area contributed by atoms with Gasteiger partial charge < -0.3 is 10.3 Å². The summed E-state index contributed by atoms with van der Waals surface area (Å²) in [6.07, 6.45) is 1.41. The number of hydrogen-bond acceptors (Lipinski definition) is 3. The molecule has 0 radical (unpaired) electrons. The highest BCUT2D eigenvalue weighted by molar-refractivity contribution is 6.05. The summed E-state index contributed by atoms with van der Waals surface area (Å²) in [4.78, 5) is 38.9. The van der Waals surface area contributed by atoms with Crippen molar-refractivity contribution in [1.29, 1.82) is 0 Å². The second-order valence-electron chi connectivity index (χ2n) is 5.16. The maximum atomic E-state index is 12.4. The smallest absolute Gasteiger partial charge is 0.261 e. The van der Waals surface area contributed by atoms with Gasteiger partial charge in [0.25, 0.3) is 5.91 Å². The van der Waals surface area contributed by atoms with E-state index >= 15 is 0 Å². The van der Waals surface area contributed by atoms with Gasteiger partial charge in [0.15, 0.2) is 5.78 Å². The van der Waals surface area contributed by atoms with E-state index in [9.17, 15) is 14.4 Å². The maximum Gasteiger partial charge on any atom is 0.261 e. The third-order valence-electron chi connectivity index (χ3n) is 3.58. The van der Waals surface area contributed by atoms with E-state index in [2.05, 4.69) is 10.3 Å². The highest BCUT2D eigenvalue weighted by Crippen LogP contribution is 2.12. The van der Waals surface area contributed by atoms with Gasteiger partial charge in [-0.2, -0.15) is 0 Å².